The van der Waals surface area contributed by atoms with Gasteiger partial charge in [-0.15, -0.1) is 0 Å². The highest BCUT2D eigenvalue weighted by Gasteiger charge is 2.37. The number of ether oxygens (including phenoxy) is 2. The van der Waals surface area contributed by atoms with E-state index < -0.39 is 11.6 Å². The Morgan fingerprint density at radius 2 is 2.06 bits per heavy atom. The molecule has 0 spiro atoms. The van der Waals surface area contributed by atoms with Crippen molar-refractivity contribution in [1.29, 1.82) is 5.26 Å². The summed E-state index contributed by atoms with van der Waals surface area (Å²) in [5.74, 6) is 0.0118. The molecule has 0 fully saturated rings. The van der Waals surface area contributed by atoms with Crippen molar-refractivity contribution in [2.24, 2.45) is 5.73 Å². The fourth-order valence-electron chi connectivity index (χ4n) is 1.53. The summed E-state index contributed by atoms with van der Waals surface area (Å²) in [6, 6.07) is 2.00. The molecule has 0 atom stereocenters. The minimum atomic E-state index is -0.948. The molecule has 0 bridgehead atoms. The molecule has 6 heteroatoms. The summed E-state index contributed by atoms with van der Waals surface area (Å²) >= 11 is 0. The fraction of sp³-hybridized carbons (Fsp3) is 0.750. The van der Waals surface area contributed by atoms with Gasteiger partial charge in [-0.2, -0.15) is 5.26 Å². The van der Waals surface area contributed by atoms with E-state index in [2.05, 4.69) is 4.99 Å². The van der Waals surface area contributed by atoms with Gasteiger partial charge in [0, 0.05) is 0 Å². The van der Waals surface area contributed by atoms with E-state index in [1.807, 2.05) is 19.9 Å². The van der Waals surface area contributed by atoms with E-state index in [1.165, 1.54) is 7.11 Å². The van der Waals surface area contributed by atoms with Crippen LogP contribution in [0.4, 0.5) is 0 Å². The predicted octanol–water partition coefficient (Wildman–Crippen LogP) is -0.914. The molecule has 0 saturated heterocycles. The van der Waals surface area contributed by atoms with Gasteiger partial charge in [-0.05, 0) is 12.8 Å². The second-order valence-electron chi connectivity index (χ2n) is 3.84. The molecule has 0 aromatic heterocycles. The van der Waals surface area contributed by atoms with Crippen molar-refractivity contribution in [3.8, 4) is 6.07 Å². The second-order valence-corrected chi connectivity index (χ2v) is 3.84. The second kappa shape index (κ2) is 8.48. The number of carbonyl (C=O) groups excluding carboxylic acids is 1. The number of amidine groups is 1. The van der Waals surface area contributed by atoms with Crippen molar-refractivity contribution in [3.05, 3.63) is 0 Å². The molecular formula is C12H22N3O3+. The molecule has 6 nitrogen and oxygen atoms in total. The van der Waals surface area contributed by atoms with Crippen LogP contribution in [-0.2, 0) is 14.3 Å². The number of nitrogens with two attached hydrogens (primary N) is 1. The Morgan fingerprint density at radius 3 is 2.50 bits per heavy atom. The van der Waals surface area contributed by atoms with Crippen molar-refractivity contribution in [2.45, 2.75) is 38.7 Å². The first-order chi connectivity index (χ1) is 8.56. The van der Waals surface area contributed by atoms with Crippen molar-refractivity contribution in [1.82, 2.24) is 0 Å². The molecule has 0 unspecified atom stereocenters. The van der Waals surface area contributed by atoms with Crippen LogP contribution in [0.5, 0.6) is 0 Å². The smallest absolute Gasteiger partial charge is 0.338 e. The lowest BCUT2D eigenvalue weighted by molar-refractivity contribution is -0.458. The Morgan fingerprint density at radius 1 is 1.44 bits per heavy atom. The Hall–Kier alpha value is -1.61. The number of carbonyl (C=O) groups is 1. The van der Waals surface area contributed by atoms with Crippen LogP contribution in [0.2, 0.25) is 0 Å². The number of esters is 1. The van der Waals surface area contributed by atoms with Crippen molar-refractivity contribution >= 4 is 11.8 Å². The van der Waals surface area contributed by atoms with Crippen LogP contribution < -0.4 is 10.7 Å². The summed E-state index contributed by atoms with van der Waals surface area (Å²) in [6.07, 6.45) is 1.40. The van der Waals surface area contributed by atoms with Crippen LogP contribution in [0.15, 0.2) is 0 Å². The molecule has 0 heterocycles. The lowest BCUT2D eigenvalue weighted by Crippen LogP contribution is -2.76. The van der Waals surface area contributed by atoms with Gasteiger partial charge >= 0.3 is 5.97 Å². The summed E-state index contributed by atoms with van der Waals surface area (Å²) in [4.78, 5) is 14.6. The molecule has 0 radical (unpaired) electrons. The monoisotopic (exact) mass is 256 g/mol. The maximum atomic E-state index is 11.7. The Bertz CT molecular complexity index is 330. The predicted molar refractivity (Wildman–Crippen MR) is 66.5 cm³/mol. The zero-order valence-electron chi connectivity index (χ0n) is 11.3. The van der Waals surface area contributed by atoms with Crippen LogP contribution in [0.25, 0.3) is 0 Å². The molecule has 0 aromatic rings. The molecule has 0 saturated carbocycles. The molecule has 0 rings (SSSR count). The summed E-state index contributed by atoms with van der Waals surface area (Å²) in [5.41, 5.74) is 4.74. The van der Waals surface area contributed by atoms with Crippen LogP contribution in [-0.4, -0.2) is 37.7 Å². The molecule has 0 aliphatic heterocycles. The number of nitrogens with one attached hydrogen (secondary N) is 1. The number of hydrogen-bond acceptors (Lipinski definition) is 4. The van der Waals surface area contributed by atoms with Crippen LogP contribution in [0.3, 0.4) is 0 Å². The number of nitriles is 1. The number of methoxy groups -OCH3 is 1. The molecule has 3 N–H and O–H groups in total. The topological polar surface area (TPSA) is 99.3 Å². The van der Waals surface area contributed by atoms with Gasteiger partial charge in [-0.3, -0.25) is 10.7 Å². The van der Waals surface area contributed by atoms with E-state index in [1.54, 1.807) is 0 Å². The van der Waals surface area contributed by atoms with E-state index in [-0.39, 0.29) is 6.61 Å². The molecule has 18 heavy (non-hydrogen) atoms. The molecule has 0 aromatic carbocycles. The highest BCUT2D eigenvalue weighted by molar-refractivity contribution is 5.80. The lowest BCUT2D eigenvalue weighted by atomic mass is 9.97. The molecule has 0 amide bonds. The Kier molecular flexibility index (Phi) is 7.72. The first-order valence-corrected chi connectivity index (χ1v) is 6.00. The average molecular weight is 256 g/mol. The average Bonchev–Trinajstić information content (AvgIpc) is 2.40. The number of hydrogen-bond donors (Lipinski definition) is 2. The normalized spacial score (nSPS) is 12.0. The van der Waals surface area contributed by atoms with Crippen molar-refractivity contribution in [3.63, 3.8) is 0 Å². The third kappa shape index (κ3) is 4.72. The van der Waals surface area contributed by atoms with Gasteiger partial charge in [0.15, 0.2) is 5.60 Å². The van der Waals surface area contributed by atoms with Crippen LogP contribution in [0.1, 0.15) is 33.1 Å². The minimum Gasteiger partial charge on any atom is -0.467 e. The van der Waals surface area contributed by atoms with Gasteiger partial charge in [0.25, 0.3) is 5.84 Å². The molecular weight excluding hydrogens is 234 g/mol. The van der Waals surface area contributed by atoms with Gasteiger partial charge in [-0.1, -0.05) is 13.8 Å². The lowest BCUT2D eigenvalue weighted by Gasteiger charge is -2.27. The third-order valence-electron chi connectivity index (χ3n) is 2.79. The van der Waals surface area contributed by atoms with Crippen molar-refractivity contribution < 1.29 is 19.3 Å². The molecule has 102 valence electrons. The van der Waals surface area contributed by atoms with Gasteiger partial charge < -0.3 is 9.47 Å². The van der Waals surface area contributed by atoms with Gasteiger partial charge in [0.1, 0.15) is 6.61 Å². The standard InChI is InChI=1S/C12H21N3O3/c1-4-12(5-2,11(16)17-3)18-9-10(14)15-8-6-7-13/h4-6,8-9H2,1-3H3,(H2,14,15)/p+1. The molecule has 0 aliphatic carbocycles. The zero-order chi connectivity index (χ0) is 14.0. The molecule has 0 aliphatic rings. The third-order valence-corrected chi connectivity index (χ3v) is 2.79. The first-order valence-electron chi connectivity index (χ1n) is 6.00. The fourth-order valence-corrected chi connectivity index (χ4v) is 1.53. The minimum absolute atomic E-state index is 0.113. The SMILES string of the molecule is CCC(CC)(OCC(N)=[NH+]CCC#N)C(=O)OC. The van der Waals surface area contributed by atoms with Gasteiger partial charge in [0.05, 0.1) is 26.1 Å². The highest BCUT2D eigenvalue weighted by atomic mass is 16.6. The maximum absolute atomic E-state index is 11.7. The van der Waals surface area contributed by atoms with Crippen LogP contribution in [0, 0.1) is 11.3 Å². The summed E-state index contributed by atoms with van der Waals surface area (Å²) in [7, 11) is 1.34. The van der Waals surface area contributed by atoms with E-state index in [4.69, 9.17) is 20.5 Å². The zero-order valence-corrected chi connectivity index (χ0v) is 11.3. The summed E-state index contributed by atoms with van der Waals surface area (Å²) < 4.78 is 10.3. The van der Waals surface area contributed by atoms with E-state index in [0.717, 1.165) is 0 Å². The number of rotatable bonds is 8. The van der Waals surface area contributed by atoms with Gasteiger partial charge in [-0.25, -0.2) is 4.79 Å². The highest BCUT2D eigenvalue weighted by Crippen LogP contribution is 2.21. The number of nitrogens with zero attached hydrogens (tertiary/aromatic N) is 1. The maximum Gasteiger partial charge on any atom is 0.338 e. The summed E-state index contributed by atoms with van der Waals surface area (Å²) in [6.45, 7) is 4.30. The Balaban J connectivity index is 4.49. The quantitative estimate of drug-likeness (QED) is 0.253. The van der Waals surface area contributed by atoms with E-state index in [0.29, 0.717) is 31.6 Å². The van der Waals surface area contributed by atoms with E-state index in [9.17, 15) is 4.79 Å². The first kappa shape index (κ1) is 16.4. The Labute approximate surface area is 108 Å². The largest absolute Gasteiger partial charge is 0.467 e. The van der Waals surface area contributed by atoms with Gasteiger partial charge in [0.2, 0.25) is 0 Å². The van der Waals surface area contributed by atoms with E-state index >= 15 is 0 Å². The summed E-state index contributed by atoms with van der Waals surface area (Å²) in [5, 5.41) is 8.39. The van der Waals surface area contributed by atoms with Crippen molar-refractivity contribution in [2.75, 3.05) is 20.3 Å². The van der Waals surface area contributed by atoms with Crippen LogP contribution >= 0.6 is 0 Å².